The molecule has 0 spiro atoms. The molecule has 0 aromatic rings. The number of nitrogens with zero attached hydrogens (tertiary/aromatic N) is 1. The molecule has 94 valence electrons. The number of carbonyl (C=O) groups is 1. The highest BCUT2D eigenvalue weighted by atomic mass is 16.6. The molecule has 0 aromatic heterocycles. The van der Waals surface area contributed by atoms with E-state index in [1.807, 2.05) is 20.8 Å². The molecule has 0 radical (unpaired) electrons. The highest BCUT2D eigenvalue weighted by Crippen LogP contribution is 2.15. The van der Waals surface area contributed by atoms with Crippen molar-refractivity contribution in [1.29, 1.82) is 0 Å². The molecule has 4 nitrogen and oxygen atoms in total. The lowest BCUT2D eigenvalue weighted by Gasteiger charge is -2.34. The lowest BCUT2D eigenvalue weighted by molar-refractivity contribution is 0.0147. The molecule has 4 heteroatoms. The SMILES string of the molecule is CCC[C@@H]1CNCN(C(=O)OC(C)(C)C)C1. The van der Waals surface area contributed by atoms with Gasteiger partial charge in [-0.2, -0.15) is 0 Å². The van der Waals surface area contributed by atoms with Gasteiger partial charge >= 0.3 is 6.09 Å². The summed E-state index contributed by atoms with van der Waals surface area (Å²) in [4.78, 5) is 13.6. The van der Waals surface area contributed by atoms with Crippen LogP contribution in [0.2, 0.25) is 0 Å². The fraction of sp³-hybridized carbons (Fsp3) is 0.917. The number of rotatable bonds is 2. The number of hydrogen-bond acceptors (Lipinski definition) is 3. The molecule has 16 heavy (non-hydrogen) atoms. The Morgan fingerprint density at radius 1 is 1.50 bits per heavy atom. The highest BCUT2D eigenvalue weighted by Gasteiger charge is 2.26. The average Bonchev–Trinajstić information content (AvgIpc) is 2.16. The van der Waals surface area contributed by atoms with E-state index in [2.05, 4.69) is 12.2 Å². The molecule has 1 aliphatic rings. The molecule has 1 saturated heterocycles. The van der Waals surface area contributed by atoms with Gasteiger partial charge < -0.3 is 4.74 Å². The van der Waals surface area contributed by atoms with Gasteiger partial charge in [-0.1, -0.05) is 13.3 Å². The standard InChI is InChI=1S/C12H24N2O2/c1-5-6-10-7-13-9-14(8-10)11(15)16-12(2,3)4/h10,13H,5-9H2,1-4H3/t10-/m1/s1. The van der Waals surface area contributed by atoms with Gasteiger partial charge in [0, 0.05) is 13.1 Å². The summed E-state index contributed by atoms with van der Waals surface area (Å²) in [5.74, 6) is 0.561. The van der Waals surface area contributed by atoms with Crippen LogP contribution in [-0.4, -0.2) is 36.4 Å². The van der Waals surface area contributed by atoms with Crippen LogP contribution >= 0.6 is 0 Å². The quantitative estimate of drug-likeness (QED) is 0.787. The fourth-order valence-electron chi connectivity index (χ4n) is 1.91. The normalized spacial score (nSPS) is 22.0. The predicted octanol–water partition coefficient (Wildman–Crippen LogP) is 2.20. The van der Waals surface area contributed by atoms with Gasteiger partial charge in [-0.25, -0.2) is 4.79 Å². The van der Waals surface area contributed by atoms with Gasteiger partial charge in [-0.05, 0) is 33.1 Å². The zero-order valence-electron chi connectivity index (χ0n) is 10.9. The van der Waals surface area contributed by atoms with Crippen LogP contribution in [-0.2, 0) is 4.74 Å². The van der Waals surface area contributed by atoms with Crippen molar-refractivity contribution in [1.82, 2.24) is 10.2 Å². The number of hydrogen-bond donors (Lipinski definition) is 1. The Bertz CT molecular complexity index is 234. The molecule has 1 amide bonds. The molecule has 0 aromatic carbocycles. The topological polar surface area (TPSA) is 41.6 Å². The monoisotopic (exact) mass is 228 g/mol. The van der Waals surface area contributed by atoms with E-state index in [9.17, 15) is 4.79 Å². The van der Waals surface area contributed by atoms with E-state index in [0.717, 1.165) is 25.9 Å². The molecule has 0 saturated carbocycles. The average molecular weight is 228 g/mol. The summed E-state index contributed by atoms with van der Waals surface area (Å²) in [6.07, 6.45) is 2.11. The van der Waals surface area contributed by atoms with Crippen molar-refractivity contribution in [2.45, 2.75) is 46.1 Å². The molecule has 1 N–H and O–H groups in total. The largest absolute Gasteiger partial charge is 0.444 e. The van der Waals surface area contributed by atoms with Crippen LogP contribution in [0.15, 0.2) is 0 Å². The van der Waals surface area contributed by atoms with E-state index in [4.69, 9.17) is 4.74 Å². The van der Waals surface area contributed by atoms with E-state index in [1.165, 1.54) is 0 Å². The third-order valence-electron chi connectivity index (χ3n) is 2.56. The summed E-state index contributed by atoms with van der Waals surface area (Å²) < 4.78 is 5.35. The zero-order chi connectivity index (χ0) is 12.2. The van der Waals surface area contributed by atoms with Crippen LogP contribution in [0.3, 0.4) is 0 Å². The second-order valence-corrected chi connectivity index (χ2v) is 5.47. The Hall–Kier alpha value is -0.770. The minimum absolute atomic E-state index is 0.208. The second-order valence-electron chi connectivity index (χ2n) is 5.47. The molecule has 1 rings (SSSR count). The lowest BCUT2D eigenvalue weighted by atomic mass is 10.0. The van der Waals surface area contributed by atoms with Gasteiger partial charge in [0.1, 0.15) is 5.60 Å². The van der Waals surface area contributed by atoms with Crippen LogP contribution in [0.4, 0.5) is 4.79 Å². The summed E-state index contributed by atoms with van der Waals surface area (Å²) >= 11 is 0. The molecular formula is C12H24N2O2. The maximum Gasteiger partial charge on any atom is 0.411 e. The van der Waals surface area contributed by atoms with Crippen molar-refractivity contribution in [3.05, 3.63) is 0 Å². The van der Waals surface area contributed by atoms with Crippen LogP contribution in [0.1, 0.15) is 40.5 Å². The van der Waals surface area contributed by atoms with E-state index < -0.39 is 5.60 Å². The molecule has 1 aliphatic heterocycles. The molecule has 1 fully saturated rings. The van der Waals surface area contributed by atoms with Gasteiger partial charge in [-0.3, -0.25) is 10.2 Å². The van der Waals surface area contributed by atoms with E-state index in [-0.39, 0.29) is 6.09 Å². The van der Waals surface area contributed by atoms with Gasteiger partial charge in [0.2, 0.25) is 0 Å². The van der Waals surface area contributed by atoms with Crippen molar-refractivity contribution >= 4 is 6.09 Å². The van der Waals surface area contributed by atoms with Crippen molar-refractivity contribution in [2.75, 3.05) is 19.8 Å². The predicted molar refractivity (Wildman–Crippen MR) is 64.2 cm³/mol. The van der Waals surface area contributed by atoms with Crippen molar-refractivity contribution in [3.63, 3.8) is 0 Å². The van der Waals surface area contributed by atoms with E-state index >= 15 is 0 Å². The first kappa shape index (κ1) is 13.3. The number of amides is 1. The summed E-state index contributed by atoms with van der Waals surface area (Å²) in [7, 11) is 0. The van der Waals surface area contributed by atoms with Crippen LogP contribution in [0, 0.1) is 5.92 Å². The van der Waals surface area contributed by atoms with Gasteiger partial charge in [-0.15, -0.1) is 0 Å². The molecule has 0 bridgehead atoms. The summed E-state index contributed by atoms with van der Waals surface area (Å²) in [6.45, 7) is 10.3. The summed E-state index contributed by atoms with van der Waals surface area (Å²) in [5.41, 5.74) is -0.408. The molecule has 0 aliphatic carbocycles. The lowest BCUT2D eigenvalue weighted by Crippen LogP contribution is -2.50. The maximum absolute atomic E-state index is 11.8. The summed E-state index contributed by atoms with van der Waals surface area (Å²) in [6, 6.07) is 0. The minimum Gasteiger partial charge on any atom is -0.444 e. The molecule has 1 atom stereocenters. The van der Waals surface area contributed by atoms with Crippen molar-refractivity contribution in [3.8, 4) is 0 Å². The fourth-order valence-corrected chi connectivity index (χ4v) is 1.91. The van der Waals surface area contributed by atoms with Crippen molar-refractivity contribution in [2.24, 2.45) is 5.92 Å². The molecule has 1 heterocycles. The van der Waals surface area contributed by atoms with Gasteiger partial charge in [0.25, 0.3) is 0 Å². The third-order valence-corrected chi connectivity index (χ3v) is 2.56. The summed E-state index contributed by atoms with van der Waals surface area (Å²) in [5, 5.41) is 3.26. The number of nitrogens with one attached hydrogen (secondary N) is 1. The van der Waals surface area contributed by atoms with Gasteiger partial charge in [0.15, 0.2) is 0 Å². The Labute approximate surface area is 98.3 Å². The Balaban J connectivity index is 2.44. The molecular weight excluding hydrogens is 204 g/mol. The first-order valence-corrected chi connectivity index (χ1v) is 6.11. The number of carbonyl (C=O) groups excluding carboxylic acids is 1. The Morgan fingerprint density at radius 3 is 2.75 bits per heavy atom. The zero-order valence-corrected chi connectivity index (χ0v) is 10.9. The third kappa shape index (κ3) is 4.39. The first-order valence-electron chi connectivity index (χ1n) is 6.11. The van der Waals surface area contributed by atoms with Crippen LogP contribution < -0.4 is 5.32 Å². The molecule has 0 unspecified atom stereocenters. The smallest absolute Gasteiger partial charge is 0.411 e. The highest BCUT2D eigenvalue weighted by molar-refractivity contribution is 5.68. The van der Waals surface area contributed by atoms with E-state index in [1.54, 1.807) is 4.90 Å². The van der Waals surface area contributed by atoms with Crippen molar-refractivity contribution < 1.29 is 9.53 Å². The Morgan fingerprint density at radius 2 is 2.19 bits per heavy atom. The number of ether oxygens (including phenoxy) is 1. The first-order chi connectivity index (χ1) is 7.42. The van der Waals surface area contributed by atoms with E-state index in [0.29, 0.717) is 12.6 Å². The van der Waals surface area contributed by atoms with Gasteiger partial charge in [0.05, 0.1) is 6.67 Å². The van der Waals surface area contributed by atoms with Crippen LogP contribution in [0.5, 0.6) is 0 Å². The Kier molecular flexibility index (Phi) is 4.59. The van der Waals surface area contributed by atoms with Crippen LogP contribution in [0.25, 0.3) is 0 Å². The second kappa shape index (κ2) is 5.53. The minimum atomic E-state index is -0.408. The maximum atomic E-state index is 11.8.